The maximum absolute atomic E-state index is 5.07. The number of aromatic nitrogens is 3. The summed E-state index contributed by atoms with van der Waals surface area (Å²) in [5, 5.41) is 0. The number of fused-ring (bicyclic) bond motifs is 3. The van der Waals surface area contributed by atoms with E-state index >= 15 is 0 Å². The van der Waals surface area contributed by atoms with Crippen LogP contribution in [0.3, 0.4) is 0 Å². The maximum Gasteiger partial charge on any atom is 0.164 e. The van der Waals surface area contributed by atoms with E-state index in [0.29, 0.717) is 17.5 Å². The Balaban J connectivity index is 0.985. The molecule has 0 radical (unpaired) electrons. The highest BCUT2D eigenvalue weighted by molar-refractivity contribution is 5.90. The van der Waals surface area contributed by atoms with Crippen LogP contribution in [-0.2, 0) is 6.42 Å². The first-order valence-corrected chi connectivity index (χ1v) is 19.0. The molecule has 0 aliphatic heterocycles. The van der Waals surface area contributed by atoms with Crippen LogP contribution in [-0.4, -0.2) is 15.0 Å². The Morgan fingerprint density at radius 1 is 0.304 bits per heavy atom. The zero-order valence-corrected chi connectivity index (χ0v) is 30.6. The summed E-state index contributed by atoms with van der Waals surface area (Å²) < 4.78 is 0. The SMILES string of the molecule is c1ccc(-c2ccc(N(c3ccccc3)c3ccc(-c4ccc5c(c4)Cc4cccc(-c6nc(-c7ccccc7)nc(-c7ccccc7)n6)c4-5)cc3)cc2)cc1. The topological polar surface area (TPSA) is 41.9 Å². The molecule has 9 aromatic rings. The van der Waals surface area contributed by atoms with Crippen LogP contribution in [0.2, 0.25) is 0 Å². The van der Waals surface area contributed by atoms with Gasteiger partial charge in [0.15, 0.2) is 17.5 Å². The lowest BCUT2D eigenvalue weighted by atomic mass is 9.96. The fraction of sp³-hybridized carbons (Fsp3) is 0.0192. The third-order valence-corrected chi connectivity index (χ3v) is 10.6. The van der Waals surface area contributed by atoms with Crippen molar-refractivity contribution in [3.8, 4) is 67.5 Å². The van der Waals surface area contributed by atoms with Gasteiger partial charge in [-0.2, -0.15) is 0 Å². The molecule has 0 saturated heterocycles. The Morgan fingerprint density at radius 2 is 0.750 bits per heavy atom. The second-order valence-corrected chi connectivity index (χ2v) is 14.1. The van der Waals surface area contributed by atoms with E-state index in [2.05, 4.69) is 175 Å². The largest absolute Gasteiger partial charge is 0.311 e. The molecular weight excluding hydrogens is 681 g/mol. The first-order valence-electron chi connectivity index (χ1n) is 19.0. The lowest BCUT2D eigenvalue weighted by molar-refractivity contribution is 1.07. The predicted octanol–water partition coefficient (Wildman–Crippen LogP) is 13.2. The molecule has 1 aliphatic rings. The monoisotopic (exact) mass is 716 g/mol. The van der Waals surface area contributed by atoms with Gasteiger partial charge in [0.05, 0.1) is 0 Å². The minimum Gasteiger partial charge on any atom is -0.311 e. The van der Waals surface area contributed by atoms with Gasteiger partial charge < -0.3 is 4.90 Å². The summed E-state index contributed by atoms with van der Waals surface area (Å²) in [6.07, 6.45) is 0.855. The highest BCUT2D eigenvalue weighted by Crippen LogP contribution is 2.44. The Labute approximate surface area is 327 Å². The molecule has 4 nitrogen and oxygen atoms in total. The van der Waals surface area contributed by atoms with Crippen molar-refractivity contribution in [3.63, 3.8) is 0 Å². The number of nitrogens with zero attached hydrogens (tertiary/aromatic N) is 4. The molecule has 1 aliphatic carbocycles. The highest BCUT2D eigenvalue weighted by Gasteiger charge is 2.25. The van der Waals surface area contributed by atoms with Gasteiger partial charge in [-0.05, 0) is 87.3 Å². The van der Waals surface area contributed by atoms with Gasteiger partial charge in [0.2, 0.25) is 0 Å². The molecule has 264 valence electrons. The van der Waals surface area contributed by atoms with E-state index in [1.165, 1.54) is 44.5 Å². The molecular formula is C52H36N4. The van der Waals surface area contributed by atoms with Crippen LogP contribution in [0, 0.1) is 0 Å². The van der Waals surface area contributed by atoms with Gasteiger partial charge in [-0.25, -0.2) is 15.0 Å². The number of hydrogen-bond acceptors (Lipinski definition) is 4. The van der Waals surface area contributed by atoms with Crippen molar-refractivity contribution >= 4 is 17.1 Å². The second-order valence-electron chi connectivity index (χ2n) is 14.1. The van der Waals surface area contributed by atoms with Gasteiger partial charge in [0.25, 0.3) is 0 Å². The van der Waals surface area contributed by atoms with E-state index in [9.17, 15) is 0 Å². The summed E-state index contributed by atoms with van der Waals surface area (Å²) in [5.74, 6) is 2.01. The van der Waals surface area contributed by atoms with Crippen molar-refractivity contribution in [1.29, 1.82) is 0 Å². The molecule has 0 saturated carbocycles. The molecule has 1 aromatic heterocycles. The molecule has 8 aromatic carbocycles. The number of hydrogen-bond donors (Lipinski definition) is 0. The van der Waals surface area contributed by atoms with Gasteiger partial charge >= 0.3 is 0 Å². The Kier molecular flexibility index (Phi) is 8.54. The number of rotatable bonds is 8. The fourth-order valence-corrected chi connectivity index (χ4v) is 7.81. The van der Waals surface area contributed by atoms with Crippen LogP contribution < -0.4 is 4.90 Å². The maximum atomic E-state index is 5.07. The summed E-state index contributed by atoms with van der Waals surface area (Å²) >= 11 is 0. The van der Waals surface area contributed by atoms with Crippen molar-refractivity contribution in [2.24, 2.45) is 0 Å². The number of benzene rings is 8. The van der Waals surface area contributed by atoms with Crippen LogP contribution in [0.5, 0.6) is 0 Å². The lowest BCUT2D eigenvalue weighted by Crippen LogP contribution is -2.09. The lowest BCUT2D eigenvalue weighted by Gasteiger charge is -2.26. The van der Waals surface area contributed by atoms with E-state index in [0.717, 1.165) is 40.2 Å². The molecule has 1 heterocycles. The third-order valence-electron chi connectivity index (χ3n) is 10.6. The molecule has 4 heteroatoms. The summed E-state index contributed by atoms with van der Waals surface area (Å²) in [6.45, 7) is 0. The number of anilines is 3. The van der Waals surface area contributed by atoms with E-state index < -0.39 is 0 Å². The summed E-state index contributed by atoms with van der Waals surface area (Å²) in [4.78, 5) is 17.4. The summed E-state index contributed by atoms with van der Waals surface area (Å²) in [7, 11) is 0. The molecule has 0 unspecified atom stereocenters. The van der Waals surface area contributed by atoms with Gasteiger partial charge in [-0.1, -0.05) is 170 Å². The first-order chi connectivity index (χ1) is 27.7. The normalized spacial score (nSPS) is 11.5. The Morgan fingerprint density at radius 3 is 1.32 bits per heavy atom. The van der Waals surface area contributed by atoms with Crippen LogP contribution in [0.25, 0.3) is 67.5 Å². The van der Waals surface area contributed by atoms with Crippen LogP contribution in [0.15, 0.2) is 206 Å². The molecule has 0 fully saturated rings. The first kappa shape index (κ1) is 33.2. The van der Waals surface area contributed by atoms with E-state index in [1.54, 1.807) is 0 Å². The smallest absolute Gasteiger partial charge is 0.164 e. The van der Waals surface area contributed by atoms with Crippen LogP contribution >= 0.6 is 0 Å². The standard InChI is InChI=1S/C52H36N4/c1-5-14-36(15-6-1)37-24-29-45(30-25-37)56(44-21-11-4-12-22-44)46-31-26-38(27-32-46)41-28-33-47-43(34-41)35-42-20-13-23-48(49(42)47)52-54-50(39-16-7-2-8-17-39)53-51(55-52)40-18-9-3-10-19-40/h1-34H,35H2. The van der Waals surface area contributed by atoms with Gasteiger partial charge in [0, 0.05) is 33.8 Å². The average molecular weight is 717 g/mol. The minimum atomic E-state index is 0.666. The van der Waals surface area contributed by atoms with Crippen LogP contribution in [0.4, 0.5) is 17.1 Å². The third kappa shape index (κ3) is 6.33. The zero-order chi connectivity index (χ0) is 37.3. The van der Waals surface area contributed by atoms with Crippen molar-refractivity contribution in [2.45, 2.75) is 6.42 Å². The predicted molar refractivity (Wildman–Crippen MR) is 230 cm³/mol. The van der Waals surface area contributed by atoms with Gasteiger partial charge in [-0.15, -0.1) is 0 Å². The van der Waals surface area contributed by atoms with Gasteiger partial charge in [-0.3, -0.25) is 0 Å². The van der Waals surface area contributed by atoms with E-state index in [4.69, 9.17) is 15.0 Å². The summed E-state index contributed by atoms with van der Waals surface area (Å²) in [6, 6.07) is 72.5. The molecule has 56 heavy (non-hydrogen) atoms. The average Bonchev–Trinajstić information content (AvgIpc) is 3.66. The quantitative estimate of drug-likeness (QED) is 0.157. The van der Waals surface area contributed by atoms with E-state index in [1.807, 2.05) is 36.4 Å². The van der Waals surface area contributed by atoms with Crippen molar-refractivity contribution in [3.05, 3.63) is 217 Å². The fourth-order valence-electron chi connectivity index (χ4n) is 7.81. The molecule has 0 N–H and O–H groups in total. The Bertz CT molecular complexity index is 2730. The van der Waals surface area contributed by atoms with Crippen molar-refractivity contribution in [2.75, 3.05) is 4.90 Å². The molecule has 0 atom stereocenters. The highest BCUT2D eigenvalue weighted by atomic mass is 15.1. The molecule has 0 spiro atoms. The molecule has 0 amide bonds. The minimum absolute atomic E-state index is 0.666. The Hall–Kier alpha value is -7.43. The number of para-hydroxylation sites is 1. The molecule has 0 bridgehead atoms. The van der Waals surface area contributed by atoms with Gasteiger partial charge in [0.1, 0.15) is 0 Å². The zero-order valence-electron chi connectivity index (χ0n) is 30.6. The van der Waals surface area contributed by atoms with Crippen molar-refractivity contribution in [1.82, 2.24) is 15.0 Å². The van der Waals surface area contributed by atoms with E-state index in [-0.39, 0.29) is 0 Å². The second kappa shape index (κ2) is 14.4. The van der Waals surface area contributed by atoms with Crippen molar-refractivity contribution < 1.29 is 0 Å². The summed E-state index contributed by atoms with van der Waals surface area (Å²) in [5.41, 5.74) is 16.1. The molecule has 10 rings (SSSR count). The van der Waals surface area contributed by atoms with Crippen LogP contribution in [0.1, 0.15) is 11.1 Å².